The Kier molecular flexibility index (Phi) is 7.36. The Bertz CT molecular complexity index is 1350. The Labute approximate surface area is 203 Å². The van der Waals surface area contributed by atoms with Gasteiger partial charge in [0, 0.05) is 36.8 Å². The fourth-order valence-corrected chi connectivity index (χ4v) is 5.54. The number of amides is 1. The first-order valence-electron chi connectivity index (χ1n) is 10.8. The molecule has 0 saturated carbocycles. The molecular weight excluding hydrogens is 505 g/mol. The first-order chi connectivity index (χ1) is 17.0. The lowest BCUT2D eigenvalue weighted by atomic mass is 10.1. The monoisotopic (exact) mass is 525 g/mol. The molecule has 1 aromatic heterocycles. The second-order valence-corrected chi connectivity index (χ2v) is 10.1. The summed E-state index contributed by atoms with van der Waals surface area (Å²) in [6.07, 6.45) is -3.67. The fraction of sp³-hybridized carbons (Fsp3) is 0.250. The summed E-state index contributed by atoms with van der Waals surface area (Å²) in [5.41, 5.74) is 0.524. The molecule has 2 aromatic carbocycles. The average molecular weight is 525 g/mol. The lowest BCUT2D eigenvalue weighted by molar-refractivity contribution is -0.124. The third-order valence-corrected chi connectivity index (χ3v) is 7.57. The number of rotatable bonds is 7. The number of alkyl halides is 3. The van der Waals surface area contributed by atoms with E-state index in [9.17, 15) is 35.2 Å². The van der Waals surface area contributed by atoms with Crippen LogP contribution >= 0.6 is 0 Å². The fourth-order valence-electron chi connectivity index (χ4n) is 3.91. The van der Waals surface area contributed by atoms with Crippen LogP contribution in [0.3, 0.4) is 0 Å². The predicted molar refractivity (Wildman–Crippen MR) is 120 cm³/mol. The number of carbonyl (C=O) groups is 1. The molecule has 2 atom stereocenters. The van der Waals surface area contributed by atoms with Crippen LogP contribution in [0.15, 0.2) is 65.7 Å². The summed E-state index contributed by atoms with van der Waals surface area (Å²) in [5, 5.41) is 2.50. The molecule has 0 unspecified atom stereocenters. The largest absolute Gasteiger partial charge is 0.351 e. The van der Waals surface area contributed by atoms with E-state index in [4.69, 9.17) is 0 Å². The van der Waals surface area contributed by atoms with Crippen molar-refractivity contribution in [2.75, 3.05) is 6.54 Å². The summed E-state index contributed by atoms with van der Waals surface area (Å²) >= 11 is 0. The van der Waals surface area contributed by atoms with Gasteiger partial charge in [-0.25, -0.2) is 30.4 Å². The van der Waals surface area contributed by atoms with Crippen molar-refractivity contribution in [1.82, 2.24) is 14.6 Å². The molecule has 1 fully saturated rings. The molecule has 2 heterocycles. The average Bonchev–Trinajstić information content (AvgIpc) is 3.25. The second kappa shape index (κ2) is 10.3. The van der Waals surface area contributed by atoms with Gasteiger partial charge in [-0.15, -0.1) is 0 Å². The highest BCUT2D eigenvalue weighted by molar-refractivity contribution is 7.89. The van der Waals surface area contributed by atoms with Crippen molar-refractivity contribution in [3.05, 3.63) is 83.6 Å². The molecule has 0 bridgehead atoms. The number of sulfonamides is 1. The normalized spacial score (nSPS) is 18.5. The molecule has 3 aromatic rings. The zero-order valence-electron chi connectivity index (χ0n) is 18.5. The third kappa shape index (κ3) is 5.54. The molecule has 36 heavy (non-hydrogen) atoms. The number of halogens is 5. The highest BCUT2D eigenvalue weighted by atomic mass is 32.2. The van der Waals surface area contributed by atoms with Crippen molar-refractivity contribution < 1.29 is 35.2 Å². The first kappa shape index (κ1) is 25.7. The van der Waals surface area contributed by atoms with Crippen molar-refractivity contribution in [3.8, 4) is 11.3 Å². The van der Waals surface area contributed by atoms with Crippen LogP contribution in [0, 0.1) is 11.6 Å². The van der Waals surface area contributed by atoms with Crippen molar-refractivity contribution in [1.29, 1.82) is 0 Å². The van der Waals surface area contributed by atoms with Gasteiger partial charge in [0.25, 0.3) is 6.43 Å². The maximum Gasteiger partial charge on any atom is 0.265 e. The van der Waals surface area contributed by atoms with E-state index in [1.807, 2.05) is 0 Å². The lowest BCUT2D eigenvalue weighted by Gasteiger charge is -2.23. The van der Waals surface area contributed by atoms with Crippen LogP contribution in [-0.4, -0.2) is 42.4 Å². The van der Waals surface area contributed by atoms with Gasteiger partial charge in [-0.1, -0.05) is 0 Å². The molecule has 0 spiro atoms. The SMILES string of the molecule is O=C(NCc1cc(F)cc(-c2ccc(C(F)F)cn2)c1)[C@@H]1C[C@@H](F)CN1S(=O)(=O)c1ccc(F)cc1. The smallest absolute Gasteiger partial charge is 0.265 e. The van der Waals surface area contributed by atoms with Crippen molar-refractivity contribution in [2.45, 2.75) is 36.5 Å². The molecule has 1 saturated heterocycles. The van der Waals surface area contributed by atoms with Gasteiger partial charge in [0.1, 0.15) is 23.8 Å². The van der Waals surface area contributed by atoms with Gasteiger partial charge in [0.05, 0.1) is 10.6 Å². The minimum Gasteiger partial charge on any atom is -0.351 e. The molecule has 0 aliphatic carbocycles. The van der Waals surface area contributed by atoms with Gasteiger partial charge in [0.15, 0.2) is 0 Å². The number of nitrogens with one attached hydrogen (secondary N) is 1. The topological polar surface area (TPSA) is 79.4 Å². The van der Waals surface area contributed by atoms with Crippen LogP contribution in [0.25, 0.3) is 11.3 Å². The Morgan fingerprint density at radius 3 is 2.42 bits per heavy atom. The minimum absolute atomic E-state index is 0.212. The molecule has 190 valence electrons. The van der Waals surface area contributed by atoms with E-state index in [0.717, 1.165) is 46.9 Å². The summed E-state index contributed by atoms with van der Waals surface area (Å²) < 4.78 is 93.7. The lowest BCUT2D eigenvalue weighted by Crippen LogP contribution is -2.45. The number of hydrogen-bond donors (Lipinski definition) is 1. The van der Waals surface area contributed by atoms with Gasteiger partial charge in [0.2, 0.25) is 15.9 Å². The molecule has 12 heteroatoms. The summed E-state index contributed by atoms with van der Waals surface area (Å²) in [5.74, 6) is -2.10. The van der Waals surface area contributed by atoms with Crippen LogP contribution < -0.4 is 5.32 Å². The maximum absolute atomic E-state index is 14.2. The molecule has 0 radical (unpaired) electrons. The van der Waals surface area contributed by atoms with Crippen LogP contribution in [0.1, 0.15) is 24.0 Å². The highest BCUT2D eigenvalue weighted by Gasteiger charge is 2.44. The summed E-state index contributed by atoms with van der Waals surface area (Å²) in [7, 11) is -4.28. The Hall–Kier alpha value is -3.38. The zero-order valence-corrected chi connectivity index (χ0v) is 19.4. The molecule has 1 amide bonds. The molecular formula is C24H20F5N3O3S. The Morgan fingerprint density at radius 1 is 1.06 bits per heavy atom. The summed E-state index contributed by atoms with van der Waals surface area (Å²) in [6.45, 7) is -0.751. The molecule has 6 nitrogen and oxygen atoms in total. The van der Waals surface area contributed by atoms with Gasteiger partial charge in [-0.05, 0) is 60.2 Å². The molecule has 1 N–H and O–H groups in total. The van der Waals surface area contributed by atoms with Gasteiger partial charge in [-0.3, -0.25) is 9.78 Å². The number of aromatic nitrogens is 1. The van der Waals surface area contributed by atoms with Gasteiger partial charge >= 0.3 is 0 Å². The van der Waals surface area contributed by atoms with Crippen molar-refractivity contribution in [2.24, 2.45) is 0 Å². The van der Waals surface area contributed by atoms with E-state index >= 15 is 0 Å². The Morgan fingerprint density at radius 2 is 1.78 bits per heavy atom. The van der Waals surface area contributed by atoms with E-state index in [1.165, 1.54) is 18.2 Å². The molecule has 1 aliphatic rings. The van der Waals surface area contributed by atoms with Gasteiger partial charge in [-0.2, -0.15) is 4.31 Å². The number of benzene rings is 2. The number of hydrogen-bond acceptors (Lipinski definition) is 4. The van der Waals surface area contributed by atoms with Crippen LogP contribution in [0.5, 0.6) is 0 Å². The second-order valence-electron chi connectivity index (χ2n) is 8.22. The minimum atomic E-state index is -4.28. The standard InChI is InChI=1S/C24H20F5N3O3S/c25-17-2-4-20(5-3-17)36(34,35)32-13-19(27)10-22(32)24(33)31-11-14-7-16(9-18(26)8-14)21-6-1-15(12-30-21)23(28)29/h1-9,12,19,22-23H,10-11,13H2,(H,31,33)/t19-,22+/m1/s1. The summed E-state index contributed by atoms with van der Waals surface area (Å²) in [4.78, 5) is 16.5. The van der Waals surface area contributed by atoms with Crippen LogP contribution in [-0.2, 0) is 21.4 Å². The summed E-state index contributed by atoms with van der Waals surface area (Å²) in [6, 6.07) is 8.86. The number of pyridine rings is 1. The molecule has 1 aliphatic heterocycles. The zero-order chi connectivity index (χ0) is 26.0. The first-order valence-corrected chi connectivity index (χ1v) is 12.2. The maximum atomic E-state index is 14.2. The van der Waals surface area contributed by atoms with Gasteiger partial charge < -0.3 is 5.32 Å². The van der Waals surface area contributed by atoms with Crippen LogP contribution in [0.2, 0.25) is 0 Å². The van der Waals surface area contributed by atoms with E-state index in [0.29, 0.717) is 5.56 Å². The van der Waals surface area contributed by atoms with E-state index in [-0.39, 0.29) is 34.7 Å². The van der Waals surface area contributed by atoms with Crippen molar-refractivity contribution >= 4 is 15.9 Å². The quantitative estimate of drug-likeness (QED) is 0.465. The van der Waals surface area contributed by atoms with E-state index in [1.54, 1.807) is 0 Å². The molecule has 4 rings (SSSR count). The van der Waals surface area contributed by atoms with Crippen molar-refractivity contribution in [3.63, 3.8) is 0 Å². The highest BCUT2D eigenvalue weighted by Crippen LogP contribution is 2.29. The Balaban J connectivity index is 1.50. The number of nitrogens with zero attached hydrogens (tertiary/aromatic N) is 2. The number of carbonyl (C=O) groups excluding carboxylic acids is 1. The van der Waals surface area contributed by atoms with E-state index < -0.39 is 52.7 Å². The van der Waals surface area contributed by atoms with E-state index in [2.05, 4.69) is 10.3 Å². The predicted octanol–water partition coefficient (Wildman–Crippen LogP) is 4.38. The third-order valence-electron chi connectivity index (χ3n) is 5.69. The van der Waals surface area contributed by atoms with Crippen LogP contribution in [0.4, 0.5) is 22.0 Å².